The molecular weight excluding hydrogens is 380 g/mol. The number of carbonyl (C=O) groups is 3. The van der Waals surface area contributed by atoms with Crippen molar-refractivity contribution in [2.75, 3.05) is 19.5 Å². The smallest absolute Gasteiger partial charge is 0.265 e. The van der Waals surface area contributed by atoms with Crippen LogP contribution in [-0.4, -0.2) is 37.9 Å². The highest BCUT2D eigenvalue weighted by atomic mass is 32.1. The second kappa shape index (κ2) is 8.43. The third-order valence-electron chi connectivity index (χ3n) is 4.61. The Morgan fingerprint density at radius 2 is 1.75 bits per heavy atom. The van der Waals surface area contributed by atoms with Crippen LogP contribution in [0.15, 0.2) is 24.3 Å². The second-order valence-corrected chi connectivity index (χ2v) is 7.62. The Kier molecular flexibility index (Phi) is 5.99. The fourth-order valence-corrected chi connectivity index (χ4v) is 3.64. The standard InChI is InChI=1S/C20H22N2O5S/c1-11(23)16-7-8-17(28-16)20(25)22-14-9-12(10-15(26-2)18(14)27-3)19(24)21-13-5-4-6-13/h7-10,13H,4-6H2,1-3H3,(H,21,24)(H,22,25). The third kappa shape index (κ3) is 4.17. The van der Waals surface area contributed by atoms with Crippen molar-refractivity contribution in [1.29, 1.82) is 0 Å². The van der Waals surface area contributed by atoms with Crippen LogP contribution in [-0.2, 0) is 0 Å². The molecule has 0 spiro atoms. The molecule has 8 heteroatoms. The SMILES string of the molecule is COc1cc(C(=O)NC2CCC2)cc(NC(=O)c2ccc(C(C)=O)s2)c1OC. The van der Waals surface area contributed by atoms with E-state index in [1.54, 1.807) is 24.3 Å². The molecule has 1 heterocycles. The molecule has 1 aromatic carbocycles. The van der Waals surface area contributed by atoms with Gasteiger partial charge in [0, 0.05) is 11.6 Å². The number of Topliss-reactive ketones (excluding diaryl/α,β-unsaturated/α-hetero) is 1. The Morgan fingerprint density at radius 1 is 1.04 bits per heavy atom. The van der Waals surface area contributed by atoms with Crippen molar-refractivity contribution in [3.63, 3.8) is 0 Å². The van der Waals surface area contributed by atoms with E-state index in [2.05, 4.69) is 10.6 Å². The first kappa shape index (κ1) is 19.9. The lowest BCUT2D eigenvalue weighted by atomic mass is 9.93. The molecular formula is C20H22N2O5S. The highest BCUT2D eigenvalue weighted by molar-refractivity contribution is 7.16. The Morgan fingerprint density at radius 3 is 2.29 bits per heavy atom. The molecule has 1 fully saturated rings. The van der Waals surface area contributed by atoms with Crippen molar-refractivity contribution in [2.24, 2.45) is 0 Å². The summed E-state index contributed by atoms with van der Waals surface area (Å²) in [4.78, 5) is 37.5. The number of methoxy groups -OCH3 is 2. The predicted octanol–water partition coefficient (Wildman–Crippen LogP) is 3.50. The first-order valence-corrected chi connectivity index (χ1v) is 9.73. The zero-order valence-corrected chi connectivity index (χ0v) is 16.8. The van der Waals surface area contributed by atoms with Crippen molar-refractivity contribution < 1.29 is 23.9 Å². The Bertz CT molecular complexity index is 917. The summed E-state index contributed by atoms with van der Waals surface area (Å²) in [6.45, 7) is 1.45. The highest BCUT2D eigenvalue weighted by Crippen LogP contribution is 2.37. The van der Waals surface area contributed by atoms with Crippen LogP contribution < -0.4 is 20.1 Å². The van der Waals surface area contributed by atoms with Crippen LogP contribution in [0.3, 0.4) is 0 Å². The highest BCUT2D eigenvalue weighted by Gasteiger charge is 2.23. The summed E-state index contributed by atoms with van der Waals surface area (Å²) in [6, 6.07) is 6.54. The van der Waals surface area contributed by atoms with Gasteiger partial charge in [-0.3, -0.25) is 14.4 Å². The van der Waals surface area contributed by atoms with E-state index in [1.165, 1.54) is 21.1 Å². The van der Waals surface area contributed by atoms with Gasteiger partial charge in [0.15, 0.2) is 17.3 Å². The predicted molar refractivity (Wildman–Crippen MR) is 107 cm³/mol. The summed E-state index contributed by atoms with van der Waals surface area (Å²) in [7, 11) is 2.93. The molecule has 2 aromatic rings. The van der Waals surface area contributed by atoms with Gasteiger partial charge in [-0.25, -0.2) is 0 Å². The van der Waals surface area contributed by atoms with Gasteiger partial charge in [0.05, 0.1) is 29.7 Å². The lowest BCUT2D eigenvalue weighted by Gasteiger charge is -2.26. The van der Waals surface area contributed by atoms with Gasteiger partial charge in [0.2, 0.25) is 0 Å². The molecule has 1 aliphatic rings. The number of carbonyl (C=O) groups excluding carboxylic acids is 3. The number of benzene rings is 1. The molecule has 1 saturated carbocycles. The number of hydrogen-bond acceptors (Lipinski definition) is 6. The Hall–Kier alpha value is -2.87. The van der Waals surface area contributed by atoms with E-state index in [-0.39, 0.29) is 17.7 Å². The molecule has 1 aliphatic carbocycles. The molecule has 0 bridgehead atoms. The number of amides is 2. The van der Waals surface area contributed by atoms with Crippen LogP contribution in [0, 0.1) is 0 Å². The van der Waals surface area contributed by atoms with Crippen molar-refractivity contribution >= 4 is 34.6 Å². The average Bonchev–Trinajstić information content (AvgIpc) is 3.14. The summed E-state index contributed by atoms with van der Waals surface area (Å²) < 4.78 is 10.7. The van der Waals surface area contributed by atoms with E-state index in [9.17, 15) is 14.4 Å². The monoisotopic (exact) mass is 402 g/mol. The largest absolute Gasteiger partial charge is 0.493 e. The molecule has 2 amide bonds. The summed E-state index contributed by atoms with van der Waals surface area (Å²) in [6.07, 6.45) is 3.06. The van der Waals surface area contributed by atoms with Gasteiger partial charge in [-0.05, 0) is 50.5 Å². The van der Waals surface area contributed by atoms with Gasteiger partial charge in [0.25, 0.3) is 11.8 Å². The minimum absolute atomic E-state index is 0.0991. The van der Waals surface area contributed by atoms with Gasteiger partial charge in [-0.2, -0.15) is 0 Å². The average molecular weight is 402 g/mol. The molecule has 148 valence electrons. The van der Waals surface area contributed by atoms with E-state index >= 15 is 0 Å². The van der Waals surface area contributed by atoms with Gasteiger partial charge in [0.1, 0.15) is 0 Å². The van der Waals surface area contributed by atoms with E-state index in [1.807, 2.05) is 0 Å². The van der Waals surface area contributed by atoms with Gasteiger partial charge < -0.3 is 20.1 Å². The molecule has 0 atom stereocenters. The fraction of sp³-hybridized carbons (Fsp3) is 0.350. The maximum absolute atomic E-state index is 12.6. The molecule has 0 unspecified atom stereocenters. The fourth-order valence-electron chi connectivity index (χ4n) is 2.84. The first-order valence-electron chi connectivity index (χ1n) is 8.92. The van der Waals surface area contributed by atoms with E-state index in [4.69, 9.17) is 9.47 Å². The number of hydrogen-bond donors (Lipinski definition) is 2. The Balaban J connectivity index is 1.88. The van der Waals surface area contributed by atoms with Crippen LogP contribution in [0.25, 0.3) is 0 Å². The van der Waals surface area contributed by atoms with Crippen LogP contribution in [0.4, 0.5) is 5.69 Å². The number of anilines is 1. The molecule has 3 rings (SSSR count). The van der Waals surface area contributed by atoms with Crippen molar-refractivity contribution in [3.8, 4) is 11.5 Å². The molecule has 0 aliphatic heterocycles. The summed E-state index contributed by atoms with van der Waals surface area (Å²) in [5, 5.41) is 5.72. The quantitative estimate of drug-likeness (QED) is 0.692. The van der Waals surface area contributed by atoms with Crippen molar-refractivity contribution in [1.82, 2.24) is 5.32 Å². The van der Waals surface area contributed by atoms with Crippen LogP contribution in [0.1, 0.15) is 55.9 Å². The Labute approximate surface area is 167 Å². The van der Waals surface area contributed by atoms with E-state index < -0.39 is 5.91 Å². The second-order valence-electron chi connectivity index (χ2n) is 6.53. The van der Waals surface area contributed by atoms with Gasteiger partial charge in [-0.15, -0.1) is 11.3 Å². The molecule has 28 heavy (non-hydrogen) atoms. The minimum atomic E-state index is -0.394. The molecule has 0 radical (unpaired) electrons. The maximum Gasteiger partial charge on any atom is 0.265 e. The minimum Gasteiger partial charge on any atom is -0.493 e. The van der Waals surface area contributed by atoms with Crippen molar-refractivity contribution in [2.45, 2.75) is 32.2 Å². The van der Waals surface area contributed by atoms with Gasteiger partial charge in [-0.1, -0.05) is 0 Å². The number of thiophene rings is 1. The number of ketones is 1. The molecule has 2 N–H and O–H groups in total. The van der Waals surface area contributed by atoms with Crippen LogP contribution in [0.2, 0.25) is 0 Å². The normalized spacial score (nSPS) is 13.4. The third-order valence-corrected chi connectivity index (χ3v) is 5.79. The van der Waals surface area contributed by atoms with E-state index in [0.29, 0.717) is 32.5 Å². The topological polar surface area (TPSA) is 93.7 Å². The number of nitrogens with one attached hydrogen (secondary N) is 2. The summed E-state index contributed by atoms with van der Waals surface area (Å²) >= 11 is 1.11. The van der Waals surface area contributed by atoms with Crippen LogP contribution in [0.5, 0.6) is 11.5 Å². The molecule has 7 nitrogen and oxygen atoms in total. The first-order chi connectivity index (χ1) is 13.4. The molecule has 1 aromatic heterocycles. The lowest BCUT2D eigenvalue weighted by molar-refractivity contribution is 0.0915. The maximum atomic E-state index is 12.6. The summed E-state index contributed by atoms with van der Waals surface area (Å²) in [5.74, 6) is -0.0578. The molecule has 0 saturated heterocycles. The number of rotatable bonds is 7. The van der Waals surface area contributed by atoms with Crippen LogP contribution >= 0.6 is 11.3 Å². The zero-order chi connectivity index (χ0) is 20.3. The lowest BCUT2D eigenvalue weighted by Crippen LogP contribution is -2.39. The van der Waals surface area contributed by atoms with Gasteiger partial charge >= 0.3 is 0 Å². The zero-order valence-electron chi connectivity index (χ0n) is 16.0. The van der Waals surface area contributed by atoms with Crippen molar-refractivity contribution in [3.05, 3.63) is 39.6 Å². The van der Waals surface area contributed by atoms with E-state index in [0.717, 1.165) is 30.6 Å². The summed E-state index contributed by atoms with van der Waals surface area (Å²) in [5.41, 5.74) is 0.693. The number of ether oxygens (including phenoxy) is 2.